The molecule has 1 heterocycles. The number of thioether (sulfide) groups is 1. The Labute approximate surface area is 194 Å². The topological polar surface area (TPSA) is 57.0 Å². The summed E-state index contributed by atoms with van der Waals surface area (Å²) in [6, 6.07) is 25.4. The van der Waals surface area contributed by atoms with E-state index in [9.17, 15) is 13.6 Å². The minimum atomic E-state index is -2.91. The fourth-order valence-electron chi connectivity index (χ4n) is 3.35. The Morgan fingerprint density at radius 3 is 2.21 bits per heavy atom. The lowest BCUT2D eigenvalue weighted by Crippen LogP contribution is -2.15. The van der Waals surface area contributed by atoms with Crippen molar-refractivity contribution in [2.24, 2.45) is 0 Å². The first-order chi connectivity index (χ1) is 16.0. The molecule has 0 fully saturated rings. The highest BCUT2D eigenvalue weighted by molar-refractivity contribution is 8.00. The van der Waals surface area contributed by atoms with Gasteiger partial charge in [0.25, 0.3) is 0 Å². The summed E-state index contributed by atoms with van der Waals surface area (Å²) in [7, 11) is 0. The van der Waals surface area contributed by atoms with Crippen molar-refractivity contribution in [1.82, 2.24) is 14.8 Å². The van der Waals surface area contributed by atoms with Crippen LogP contribution in [0.3, 0.4) is 0 Å². The molecule has 1 atom stereocenters. The third kappa shape index (κ3) is 5.64. The largest absolute Gasteiger partial charge is 0.435 e. The number of nitrogens with zero attached hydrogens (tertiary/aromatic N) is 3. The number of hydrogen-bond donors (Lipinski definition) is 0. The fraction of sp³-hybridized carbons (Fsp3) is 0.160. The van der Waals surface area contributed by atoms with Crippen molar-refractivity contribution in [3.05, 3.63) is 102 Å². The Bertz CT molecular complexity index is 1200. The van der Waals surface area contributed by atoms with E-state index < -0.39 is 11.9 Å². The van der Waals surface area contributed by atoms with Gasteiger partial charge in [0.05, 0.1) is 5.25 Å². The Hall–Kier alpha value is -3.52. The normalized spacial score (nSPS) is 12.0. The number of alkyl halides is 2. The molecule has 0 N–H and O–H groups in total. The Balaban J connectivity index is 1.57. The van der Waals surface area contributed by atoms with Gasteiger partial charge in [-0.15, -0.1) is 10.2 Å². The van der Waals surface area contributed by atoms with Crippen LogP contribution in [0.1, 0.15) is 28.7 Å². The van der Waals surface area contributed by atoms with Gasteiger partial charge in [-0.2, -0.15) is 8.78 Å². The quantitative estimate of drug-likeness (QED) is 0.230. The summed E-state index contributed by atoms with van der Waals surface area (Å²) in [6.45, 7) is -1.12. The molecule has 1 aromatic heterocycles. The van der Waals surface area contributed by atoms with Crippen LogP contribution < -0.4 is 4.74 Å². The van der Waals surface area contributed by atoms with Crippen LogP contribution in [0.25, 0.3) is 5.69 Å². The van der Waals surface area contributed by atoms with Crippen molar-refractivity contribution >= 4 is 17.5 Å². The molecule has 1 unspecified atom stereocenters. The van der Waals surface area contributed by atoms with Crippen molar-refractivity contribution in [3.8, 4) is 11.4 Å². The molecule has 0 saturated carbocycles. The first-order valence-electron chi connectivity index (χ1n) is 10.3. The van der Waals surface area contributed by atoms with E-state index in [0.717, 1.165) is 17.1 Å². The van der Waals surface area contributed by atoms with Crippen LogP contribution in [0.15, 0.2) is 90.1 Å². The molecule has 4 rings (SSSR count). The monoisotopic (exact) mass is 465 g/mol. The molecule has 8 heteroatoms. The van der Waals surface area contributed by atoms with E-state index in [0.29, 0.717) is 17.1 Å². The summed E-state index contributed by atoms with van der Waals surface area (Å²) in [4.78, 5) is 13.0. The van der Waals surface area contributed by atoms with Crippen LogP contribution >= 0.6 is 11.8 Å². The number of ketones is 1. The van der Waals surface area contributed by atoms with E-state index in [1.807, 2.05) is 65.2 Å². The summed E-state index contributed by atoms with van der Waals surface area (Å²) in [5, 5.41) is 8.91. The van der Waals surface area contributed by atoms with Crippen LogP contribution in [-0.4, -0.2) is 32.4 Å². The SMILES string of the molecule is CC(Sc1nnc(Cc2ccccc2)n1-c1ccccc1)C(=O)c1ccc(OC(F)F)cc1. The number of carbonyl (C=O) groups is 1. The molecule has 168 valence electrons. The first kappa shape index (κ1) is 22.7. The highest BCUT2D eigenvalue weighted by Gasteiger charge is 2.22. The number of carbonyl (C=O) groups excluding carboxylic acids is 1. The van der Waals surface area contributed by atoms with Gasteiger partial charge < -0.3 is 4.74 Å². The summed E-state index contributed by atoms with van der Waals surface area (Å²) < 4.78 is 31.0. The maximum absolute atomic E-state index is 13.0. The van der Waals surface area contributed by atoms with Crippen molar-refractivity contribution in [2.45, 2.75) is 30.4 Å². The molecule has 0 aliphatic rings. The summed E-state index contributed by atoms with van der Waals surface area (Å²) >= 11 is 1.30. The Morgan fingerprint density at radius 2 is 1.58 bits per heavy atom. The lowest BCUT2D eigenvalue weighted by atomic mass is 10.1. The maximum Gasteiger partial charge on any atom is 0.387 e. The molecule has 0 amide bonds. The second-order valence-electron chi connectivity index (χ2n) is 7.26. The van der Waals surface area contributed by atoms with E-state index in [4.69, 9.17) is 0 Å². The maximum atomic E-state index is 13.0. The number of halogens is 2. The lowest BCUT2D eigenvalue weighted by molar-refractivity contribution is -0.0498. The van der Waals surface area contributed by atoms with E-state index in [-0.39, 0.29) is 11.5 Å². The number of rotatable bonds is 9. The number of para-hydroxylation sites is 1. The summed E-state index contributed by atoms with van der Waals surface area (Å²) in [5.41, 5.74) is 2.42. The van der Waals surface area contributed by atoms with Crippen LogP contribution in [0, 0.1) is 0 Å². The highest BCUT2D eigenvalue weighted by atomic mass is 32.2. The summed E-state index contributed by atoms with van der Waals surface area (Å²) in [6.07, 6.45) is 0.594. The van der Waals surface area contributed by atoms with Gasteiger partial charge in [-0.1, -0.05) is 60.3 Å². The fourth-order valence-corrected chi connectivity index (χ4v) is 4.32. The second-order valence-corrected chi connectivity index (χ2v) is 8.57. The predicted molar refractivity (Wildman–Crippen MR) is 123 cm³/mol. The van der Waals surface area contributed by atoms with Crippen LogP contribution in [0.4, 0.5) is 8.78 Å². The standard InChI is InChI=1S/C25H21F2N3O2S/c1-17(23(31)19-12-14-21(15-13-19)32-24(26)27)33-25-29-28-22(16-18-8-4-2-5-9-18)30(25)20-10-6-3-7-11-20/h2-15,17,24H,16H2,1H3. The number of benzene rings is 3. The van der Waals surface area contributed by atoms with Crippen molar-refractivity contribution in [3.63, 3.8) is 0 Å². The predicted octanol–water partition coefficient (Wildman–Crippen LogP) is 5.82. The minimum Gasteiger partial charge on any atom is -0.435 e. The van der Waals surface area contributed by atoms with Gasteiger partial charge in [-0.05, 0) is 48.9 Å². The molecule has 33 heavy (non-hydrogen) atoms. The van der Waals surface area contributed by atoms with E-state index in [2.05, 4.69) is 14.9 Å². The van der Waals surface area contributed by atoms with Crippen molar-refractivity contribution < 1.29 is 18.3 Å². The van der Waals surface area contributed by atoms with Gasteiger partial charge in [0.1, 0.15) is 11.6 Å². The molecular weight excluding hydrogens is 444 g/mol. The molecule has 0 bridgehead atoms. The van der Waals surface area contributed by atoms with Gasteiger partial charge in [0.15, 0.2) is 10.9 Å². The van der Waals surface area contributed by atoms with Gasteiger partial charge in [-0.25, -0.2) is 0 Å². The minimum absolute atomic E-state index is 0.0104. The third-order valence-electron chi connectivity index (χ3n) is 4.94. The number of aromatic nitrogens is 3. The van der Waals surface area contributed by atoms with Crippen molar-refractivity contribution in [1.29, 1.82) is 0 Å². The van der Waals surface area contributed by atoms with Crippen LogP contribution in [0.5, 0.6) is 5.75 Å². The van der Waals surface area contributed by atoms with E-state index in [1.54, 1.807) is 6.92 Å². The smallest absolute Gasteiger partial charge is 0.387 e. The van der Waals surface area contributed by atoms with Crippen molar-refractivity contribution in [2.75, 3.05) is 0 Å². The third-order valence-corrected chi connectivity index (χ3v) is 5.98. The van der Waals surface area contributed by atoms with Crippen LogP contribution in [-0.2, 0) is 6.42 Å². The Kier molecular flexibility index (Phi) is 7.14. The number of ether oxygens (including phenoxy) is 1. The molecule has 0 radical (unpaired) electrons. The Morgan fingerprint density at radius 1 is 0.939 bits per heavy atom. The molecule has 5 nitrogen and oxygen atoms in total. The molecule has 0 aliphatic carbocycles. The molecule has 0 saturated heterocycles. The van der Waals surface area contributed by atoms with Gasteiger partial charge in [0.2, 0.25) is 0 Å². The zero-order valence-electron chi connectivity index (χ0n) is 17.8. The summed E-state index contributed by atoms with van der Waals surface area (Å²) in [5.74, 6) is 0.634. The zero-order chi connectivity index (χ0) is 23.2. The second kappa shape index (κ2) is 10.4. The van der Waals surface area contributed by atoms with Gasteiger partial charge in [0, 0.05) is 17.7 Å². The highest BCUT2D eigenvalue weighted by Crippen LogP contribution is 2.29. The average Bonchev–Trinajstić information content (AvgIpc) is 3.21. The molecule has 0 aliphatic heterocycles. The first-order valence-corrected chi connectivity index (χ1v) is 11.2. The van der Waals surface area contributed by atoms with Crippen LogP contribution in [0.2, 0.25) is 0 Å². The average molecular weight is 466 g/mol. The zero-order valence-corrected chi connectivity index (χ0v) is 18.6. The van der Waals surface area contributed by atoms with Gasteiger partial charge >= 0.3 is 6.61 Å². The molecular formula is C25H21F2N3O2S. The van der Waals surface area contributed by atoms with E-state index in [1.165, 1.54) is 36.0 Å². The van der Waals surface area contributed by atoms with Gasteiger partial charge in [-0.3, -0.25) is 9.36 Å². The molecule has 3 aromatic carbocycles. The number of Topliss-reactive ketones (excluding diaryl/α,β-unsaturated/α-hetero) is 1. The lowest BCUT2D eigenvalue weighted by Gasteiger charge is -2.13. The molecule has 0 spiro atoms. The van der Waals surface area contributed by atoms with E-state index >= 15 is 0 Å². The number of hydrogen-bond acceptors (Lipinski definition) is 5. The molecule has 4 aromatic rings.